The molecule has 19 heavy (non-hydrogen) atoms. The molecule has 0 fully saturated rings. The van der Waals surface area contributed by atoms with Crippen molar-refractivity contribution in [2.75, 3.05) is 0 Å². The number of halogens is 1. The summed E-state index contributed by atoms with van der Waals surface area (Å²) in [6.45, 7) is 0. The molecule has 0 spiro atoms. The Labute approximate surface area is 123 Å². The number of aromatic hydroxyl groups is 1. The summed E-state index contributed by atoms with van der Waals surface area (Å²) in [5, 5.41) is 13.2. The van der Waals surface area contributed by atoms with Gasteiger partial charge in [-0.3, -0.25) is 9.78 Å². The quantitative estimate of drug-likeness (QED) is 0.496. The Morgan fingerprint density at radius 1 is 1.42 bits per heavy atom. The van der Waals surface area contributed by atoms with Crippen LogP contribution in [0.5, 0.6) is 5.75 Å². The lowest BCUT2D eigenvalue weighted by Gasteiger charge is -1.99. The second-order valence-electron chi connectivity index (χ2n) is 3.65. The van der Waals surface area contributed by atoms with E-state index in [4.69, 9.17) is 0 Å². The first-order chi connectivity index (χ1) is 9.16. The summed E-state index contributed by atoms with van der Waals surface area (Å²) in [5.74, 6) is -0.102. The zero-order valence-electron chi connectivity index (χ0n) is 9.75. The number of nitrogens with one attached hydrogen (secondary N) is 1. The largest absolute Gasteiger partial charge is 0.507 e. The molecule has 0 saturated carbocycles. The monoisotopic (exact) mass is 367 g/mol. The van der Waals surface area contributed by atoms with E-state index in [0.717, 1.165) is 9.13 Å². The van der Waals surface area contributed by atoms with Crippen LogP contribution < -0.4 is 5.43 Å². The van der Waals surface area contributed by atoms with Crippen LogP contribution in [-0.2, 0) is 0 Å². The number of benzene rings is 1. The van der Waals surface area contributed by atoms with Crippen molar-refractivity contribution in [2.24, 2.45) is 5.10 Å². The van der Waals surface area contributed by atoms with E-state index in [-0.39, 0.29) is 11.7 Å². The molecule has 2 aromatic rings. The molecule has 0 aliphatic heterocycles. The van der Waals surface area contributed by atoms with E-state index in [1.54, 1.807) is 36.5 Å². The fourth-order valence-electron chi connectivity index (χ4n) is 1.33. The van der Waals surface area contributed by atoms with Gasteiger partial charge in [-0.1, -0.05) is 0 Å². The smallest absolute Gasteiger partial charge is 0.272 e. The molecular weight excluding hydrogens is 357 g/mol. The van der Waals surface area contributed by atoms with Gasteiger partial charge in [0, 0.05) is 12.4 Å². The molecule has 0 bridgehead atoms. The second-order valence-corrected chi connectivity index (χ2v) is 4.81. The van der Waals surface area contributed by atoms with Crippen LogP contribution in [-0.4, -0.2) is 22.2 Å². The Kier molecular flexibility index (Phi) is 4.45. The maximum atomic E-state index is 11.6. The average Bonchev–Trinajstić information content (AvgIpc) is 2.43. The normalized spacial score (nSPS) is 10.6. The van der Waals surface area contributed by atoms with Crippen LogP contribution in [0.4, 0.5) is 0 Å². The molecule has 1 aromatic heterocycles. The molecule has 1 heterocycles. The summed E-state index contributed by atoms with van der Waals surface area (Å²) < 4.78 is 0.722. The lowest BCUT2D eigenvalue weighted by molar-refractivity contribution is 0.0955. The number of nitrogens with zero attached hydrogens (tertiary/aromatic N) is 2. The van der Waals surface area contributed by atoms with Gasteiger partial charge in [-0.15, -0.1) is 0 Å². The van der Waals surface area contributed by atoms with Gasteiger partial charge in [0.1, 0.15) is 5.75 Å². The van der Waals surface area contributed by atoms with Crippen LogP contribution in [0.1, 0.15) is 15.9 Å². The van der Waals surface area contributed by atoms with Gasteiger partial charge >= 0.3 is 0 Å². The molecule has 5 nitrogen and oxygen atoms in total. The van der Waals surface area contributed by atoms with Crippen LogP contribution in [0.2, 0.25) is 0 Å². The van der Waals surface area contributed by atoms with Crippen molar-refractivity contribution in [3.05, 3.63) is 57.4 Å². The Balaban J connectivity index is 2.00. The highest BCUT2D eigenvalue weighted by Gasteiger charge is 2.02. The van der Waals surface area contributed by atoms with Crippen LogP contribution in [0.3, 0.4) is 0 Å². The molecular formula is C13H10IN3O2. The van der Waals surface area contributed by atoms with Gasteiger partial charge in [-0.05, 0) is 58.5 Å². The first kappa shape index (κ1) is 13.5. The average molecular weight is 367 g/mol. The minimum Gasteiger partial charge on any atom is -0.507 e. The van der Waals surface area contributed by atoms with E-state index < -0.39 is 0 Å². The zero-order valence-corrected chi connectivity index (χ0v) is 11.9. The number of hydrazone groups is 1. The number of hydrogen-bond acceptors (Lipinski definition) is 4. The Morgan fingerprint density at radius 3 is 2.95 bits per heavy atom. The van der Waals surface area contributed by atoms with Crippen molar-refractivity contribution < 1.29 is 9.90 Å². The fraction of sp³-hybridized carbons (Fsp3) is 0. The summed E-state index contributed by atoms with van der Waals surface area (Å²) in [5.41, 5.74) is 3.64. The van der Waals surface area contributed by atoms with Crippen molar-refractivity contribution in [1.29, 1.82) is 0 Å². The highest BCUT2D eigenvalue weighted by Crippen LogP contribution is 2.19. The van der Waals surface area contributed by atoms with E-state index >= 15 is 0 Å². The Hall–Kier alpha value is -1.96. The van der Waals surface area contributed by atoms with E-state index in [1.165, 1.54) is 12.4 Å². The highest BCUT2D eigenvalue weighted by atomic mass is 127. The number of rotatable bonds is 3. The lowest BCUT2D eigenvalue weighted by Crippen LogP contribution is -2.17. The number of phenols is 1. The third-order valence-corrected chi connectivity index (χ3v) is 3.14. The molecule has 0 saturated heterocycles. The number of phenolic OH excluding ortho intramolecular Hbond substituents is 1. The molecule has 0 aliphatic carbocycles. The molecule has 2 N–H and O–H groups in total. The topological polar surface area (TPSA) is 74.6 Å². The molecule has 0 atom stereocenters. The molecule has 1 amide bonds. The molecule has 0 aliphatic rings. The van der Waals surface area contributed by atoms with Crippen molar-refractivity contribution >= 4 is 34.7 Å². The van der Waals surface area contributed by atoms with Crippen molar-refractivity contribution in [3.63, 3.8) is 0 Å². The molecule has 96 valence electrons. The fourth-order valence-corrected chi connectivity index (χ4v) is 1.87. The summed E-state index contributed by atoms with van der Waals surface area (Å²) in [6.07, 6.45) is 4.57. The second kappa shape index (κ2) is 6.28. The number of amides is 1. The van der Waals surface area contributed by atoms with Gasteiger partial charge in [0.25, 0.3) is 5.91 Å². The zero-order chi connectivity index (χ0) is 13.7. The van der Waals surface area contributed by atoms with Gasteiger partial charge in [0.15, 0.2) is 0 Å². The first-order valence-corrected chi connectivity index (χ1v) is 6.46. The number of hydrogen-bond donors (Lipinski definition) is 2. The predicted octanol–water partition coefficient (Wildman–Crippen LogP) is 2.16. The first-order valence-electron chi connectivity index (χ1n) is 5.39. The number of aromatic nitrogens is 1. The van der Waals surface area contributed by atoms with Crippen molar-refractivity contribution in [3.8, 4) is 5.75 Å². The van der Waals surface area contributed by atoms with Crippen LogP contribution in [0.25, 0.3) is 0 Å². The minimum atomic E-state index is -0.321. The van der Waals surface area contributed by atoms with Crippen LogP contribution in [0.15, 0.2) is 47.8 Å². The van der Waals surface area contributed by atoms with Gasteiger partial charge < -0.3 is 5.11 Å². The number of carbonyl (C=O) groups excluding carboxylic acids is 1. The SMILES string of the molecule is O=C(N/N=C\c1ccc(O)c(I)c1)c1cccnc1. The minimum absolute atomic E-state index is 0.220. The van der Waals surface area contributed by atoms with E-state index in [1.807, 2.05) is 22.6 Å². The van der Waals surface area contributed by atoms with E-state index in [9.17, 15) is 9.90 Å². The Morgan fingerprint density at radius 2 is 2.26 bits per heavy atom. The molecule has 0 unspecified atom stereocenters. The Bertz CT molecular complexity index is 615. The summed E-state index contributed by atoms with van der Waals surface area (Å²) in [4.78, 5) is 15.5. The number of carbonyl (C=O) groups is 1. The predicted molar refractivity (Wildman–Crippen MR) is 80.1 cm³/mol. The third kappa shape index (κ3) is 3.75. The van der Waals surface area contributed by atoms with Crippen molar-refractivity contribution in [1.82, 2.24) is 10.4 Å². The highest BCUT2D eigenvalue weighted by molar-refractivity contribution is 14.1. The maximum Gasteiger partial charge on any atom is 0.272 e. The third-order valence-electron chi connectivity index (χ3n) is 2.28. The van der Waals surface area contributed by atoms with Gasteiger partial charge in [0.2, 0.25) is 0 Å². The van der Waals surface area contributed by atoms with E-state index in [2.05, 4.69) is 15.5 Å². The summed E-state index contributed by atoms with van der Waals surface area (Å²) in [7, 11) is 0. The maximum absolute atomic E-state index is 11.6. The lowest BCUT2D eigenvalue weighted by atomic mass is 10.2. The molecule has 6 heteroatoms. The molecule has 1 aromatic carbocycles. The van der Waals surface area contributed by atoms with Crippen LogP contribution >= 0.6 is 22.6 Å². The molecule has 0 radical (unpaired) electrons. The standard InChI is InChI=1S/C13H10IN3O2/c14-11-6-9(3-4-12(11)18)7-16-17-13(19)10-2-1-5-15-8-10/h1-8,18H,(H,17,19)/b16-7-. The van der Waals surface area contributed by atoms with Crippen LogP contribution in [0, 0.1) is 3.57 Å². The molecule has 2 rings (SSSR count). The van der Waals surface area contributed by atoms with Gasteiger partial charge in [0.05, 0.1) is 15.3 Å². The summed E-state index contributed by atoms with van der Waals surface area (Å²) >= 11 is 2.02. The summed E-state index contributed by atoms with van der Waals surface area (Å²) in [6, 6.07) is 8.38. The van der Waals surface area contributed by atoms with Gasteiger partial charge in [-0.25, -0.2) is 5.43 Å². The van der Waals surface area contributed by atoms with Gasteiger partial charge in [-0.2, -0.15) is 5.10 Å². The van der Waals surface area contributed by atoms with E-state index in [0.29, 0.717) is 5.56 Å². The number of pyridine rings is 1. The van der Waals surface area contributed by atoms with Crippen molar-refractivity contribution in [2.45, 2.75) is 0 Å².